The Labute approximate surface area is 250 Å². The minimum Gasteiger partial charge on any atom is -0.434 e. The molecule has 1 aromatic carbocycles. The number of ether oxygens (including phenoxy) is 2. The Morgan fingerprint density at radius 2 is 1.93 bits per heavy atom. The van der Waals surface area contributed by atoms with Crippen molar-refractivity contribution in [3.8, 4) is 11.6 Å². The van der Waals surface area contributed by atoms with Gasteiger partial charge < -0.3 is 24.2 Å². The van der Waals surface area contributed by atoms with Crippen LogP contribution in [0.3, 0.4) is 0 Å². The molecule has 2 saturated heterocycles. The number of benzene rings is 1. The Morgan fingerprint density at radius 3 is 2.60 bits per heavy atom. The zero-order chi connectivity index (χ0) is 30.4. The molecule has 0 N–H and O–H groups in total. The third-order valence-electron chi connectivity index (χ3n) is 8.71. The van der Waals surface area contributed by atoms with E-state index in [1.165, 1.54) is 24.5 Å². The highest BCUT2D eigenvalue weighted by atomic mass is 19.1. The number of carbonyl (C=O) groups is 1. The summed E-state index contributed by atoms with van der Waals surface area (Å²) in [7, 11) is 3.91. The highest BCUT2D eigenvalue weighted by Gasteiger charge is 2.50. The summed E-state index contributed by atoms with van der Waals surface area (Å²) in [6.07, 6.45) is 3.62. The van der Waals surface area contributed by atoms with E-state index in [2.05, 4.69) is 50.8 Å². The van der Waals surface area contributed by atoms with Gasteiger partial charge in [-0.3, -0.25) is 9.69 Å². The molecule has 0 unspecified atom stereocenters. The van der Waals surface area contributed by atoms with Crippen molar-refractivity contribution in [1.29, 1.82) is 0 Å². The first-order valence-corrected chi connectivity index (χ1v) is 15.2. The second kappa shape index (κ2) is 14.1. The van der Waals surface area contributed by atoms with Crippen LogP contribution in [-0.4, -0.2) is 114 Å². The molecule has 2 aliphatic rings. The van der Waals surface area contributed by atoms with Crippen LogP contribution in [0.5, 0.6) is 11.6 Å². The van der Waals surface area contributed by atoms with Crippen molar-refractivity contribution < 1.29 is 18.7 Å². The average Bonchev–Trinajstić information content (AvgIpc) is 3.38. The number of amides is 1. The van der Waals surface area contributed by atoms with E-state index >= 15 is 0 Å². The molecule has 2 aliphatic heterocycles. The second-order valence-electron chi connectivity index (χ2n) is 12.5. The molecule has 2 aromatic rings. The summed E-state index contributed by atoms with van der Waals surface area (Å²) in [6, 6.07) is 4.48. The van der Waals surface area contributed by atoms with Crippen LogP contribution in [0.15, 0.2) is 24.5 Å². The average molecular weight is 586 g/mol. The van der Waals surface area contributed by atoms with Crippen LogP contribution in [0.25, 0.3) is 0 Å². The molecule has 11 heteroatoms. The summed E-state index contributed by atoms with van der Waals surface area (Å²) < 4.78 is 25.7. The Hall–Kier alpha value is -2.89. The minimum atomic E-state index is -0.500. The van der Waals surface area contributed by atoms with Crippen molar-refractivity contribution >= 4 is 11.7 Å². The Balaban J connectivity index is 1.44. The molecule has 0 saturated carbocycles. The van der Waals surface area contributed by atoms with E-state index in [1.807, 2.05) is 20.8 Å². The van der Waals surface area contributed by atoms with Crippen LogP contribution in [0.4, 0.5) is 10.2 Å². The number of carbonyl (C=O) groups excluding carboxylic acids is 1. The molecule has 0 aliphatic carbocycles. The van der Waals surface area contributed by atoms with Crippen molar-refractivity contribution in [3.05, 3.63) is 35.9 Å². The van der Waals surface area contributed by atoms with E-state index in [0.29, 0.717) is 24.3 Å². The molecule has 0 bridgehead atoms. The fraction of sp³-hybridized carbons (Fsp3) is 0.677. The van der Waals surface area contributed by atoms with Crippen LogP contribution in [-0.2, 0) is 4.74 Å². The Morgan fingerprint density at radius 1 is 1.17 bits per heavy atom. The molecule has 1 amide bonds. The molecule has 1 atom stereocenters. The second-order valence-corrected chi connectivity index (χ2v) is 12.5. The topological polar surface area (TPSA) is 87.2 Å². The van der Waals surface area contributed by atoms with Crippen molar-refractivity contribution in [2.24, 2.45) is 11.3 Å². The highest BCUT2D eigenvalue weighted by molar-refractivity contribution is 5.97. The molecule has 2 fully saturated rings. The zero-order valence-corrected chi connectivity index (χ0v) is 26.3. The number of nitrogens with zero attached hydrogens (tertiary/aromatic N) is 7. The standard InChI is InChI=1S/C31H48FN7O3/c1-8-39(23(4)5)30(40)25-17-24(32)9-10-27(25)42-29-28(33-21-34-35-29)37-14-12-31(18-37)19-38(20-31)26(22(2)3)11-13-36(6)15-16-41-7/h9-10,17,21-23,26H,8,11-16,18-20H2,1-7H3/t26-/m1/s1. The van der Waals surface area contributed by atoms with Gasteiger partial charge in [-0.2, -0.15) is 0 Å². The normalized spacial score (nSPS) is 17.4. The predicted molar refractivity (Wildman–Crippen MR) is 162 cm³/mol. The monoisotopic (exact) mass is 585 g/mol. The van der Waals surface area contributed by atoms with Crippen LogP contribution >= 0.6 is 0 Å². The van der Waals surface area contributed by atoms with Gasteiger partial charge in [-0.15, -0.1) is 10.2 Å². The molecule has 10 nitrogen and oxygen atoms in total. The molecular weight excluding hydrogens is 537 g/mol. The van der Waals surface area contributed by atoms with Gasteiger partial charge in [0.2, 0.25) is 0 Å². The quantitative estimate of drug-likeness (QED) is 0.324. The molecule has 1 spiro atoms. The highest BCUT2D eigenvalue weighted by Crippen LogP contribution is 2.44. The Kier molecular flexibility index (Phi) is 10.7. The number of likely N-dealkylation sites (N-methyl/N-ethyl adjacent to an activating group) is 1. The first-order chi connectivity index (χ1) is 20.1. The van der Waals surface area contributed by atoms with E-state index in [1.54, 1.807) is 12.0 Å². The van der Waals surface area contributed by atoms with Crippen LogP contribution in [0.1, 0.15) is 57.8 Å². The largest absolute Gasteiger partial charge is 0.434 e. The lowest BCUT2D eigenvalue weighted by molar-refractivity contribution is -0.0356. The molecule has 0 radical (unpaired) electrons. The summed E-state index contributed by atoms with van der Waals surface area (Å²) in [5.74, 6) is 0.842. The van der Waals surface area contributed by atoms with E-state index in [-0.39, 0.29) is 34.6 Å². The van der Waals surface area contributed by atoms with Crippen LogP contribution < -0.4 is 9.64 Å². The third-order valence-corrected chi connectivity index (χ3v) is 8.71. The number of hydrogen-bond acceptors (Lipinski definition) is 9. The van der Waals surface area contributed by atoms with Gasteiger partial charge in [0, 0.05) is 63.9 Å². The van der Waals surface area contributed by atoms with Gasteiger partial charge in [0.25, 0.3) is 11.8 Å². The van der Waals surface area contributed by atoms with Gasteiger partial charge in [0.15, 0.2) is 5.82 Å². The number of rotatable bonds is 14. The van der Waals surface area contributed by atoms with Crippen LogP contribution in [0, 0.1) is 17.2 Å². The first-order valence-electron chi connectivity index (χ1n) is 15.2. The van der Waals surface area contributed by atoms with Crippen molar-refractivity contribution in [3.63, 3.8) is 0 Å². The number of methoxy groups -OCH3 is 1. The summed E-state index contributed by atoms with van der Waals surface area (Å²) in [4.78, 5) is 26.7. The van der Waals surface area contributed by atoms with Crippen molar-refractivity contribution in [1.82, 2.24) is 29.9 Å². The van der Waals surface area contributed by atoms with E-state index in [4.69, 9.17) is 9.47 Å². The molecule has 4 rings (SSSR count). The maximum absolute atomic E-state index is 14.3. The van der Waals surface area contributed by atoms with E-state index in [0.717, 1.165) is 58.7 Å². The van der Waals surface area contributed by atoms with Crippen LogP contribution in [0.2, 0.25) is 0 Å². The molecule has 42 heavy (non-hydrogen) atoms. The lowest BCUT2D eigenvalue weighted by Gasteiger charge is -2.53. The Bertz CT molecular complexity index is 1190. The number of hydrogen-bond donors (Lipinski definition) is 0. The minimum absolute atomic E-state index is 0.0398. The summed E-state index contributed by atoms with van der Waals surface area (Å²) in [5.41, 5.74) is 0.356. The third kappa shape index (κ3) is 7.36. The van der Waals surface area contributed by atoms with E-state index < -0.39 is 5.82 Å². The number of aromatic nitrogens is 3. The summed E-state index contributed by atoms with van der Waals surface area (Å²) in [5, 5.41) is 8.20. The summed E-state index contributed by atoms with van der Waals surface area (Å²) >= 11 is 0. The van der Waals surface area contributed by atoms with Gasteiger partial charge >= 0.3 is 0 Å². The number of anilines is 1. The fourth-order valence-corrected chi connectivity index (χ4v) is 6.38. The molecule has 3 heterocycles. The fourth-order valence-electron chi connectivity index (χ4n) is 6.38. The van der Waals surface area contributed by atoms with Gasteiger partial charge in [-0.05, 0) is 71.3 Å². The van der Waals surface area contributed by atoms with Gasteiger partial charge in [-0.1, -0.05) is 13.8 Å². The smallest absolute Gasteiger partial charge is 0.282 e. The maximum atomic E-state index is 14.3. The summed E-state index contributed by atoms with van der Waals surface area (Å²) in [6.45, 7) is 17.4. The van der Waals surface area contributed by atoms with Crippen molar-refractivity contribution in [2.75, 3.05) is 71.5 Å². The lowest BCUT2D eigenvalue weighted by Crippen LogP contribution is -2.62. The number of halogens is 1. The molecule has 1 aromatic heterocycles. The molecule has 232 valence electrons. The van der Waals surface area contributed by atoms with E-state index in [9.17, 15) is 9.18 Å². The predicted octanol–water partition coefficient (Wildman–Crippen LogP) is 4.18. The van der Waals surface area contributed by atoms with Crippen molar-refractivity contribution in [2.45, 2.75) is 59.5 Å². The van der Waals surface area contributed by atoms with Gasteiger partial charge in [0.1, 0.15) is 17.9 Å². The zero-order valence-electron chi connectivity index (χ0n) is 26.3. The first kappa shape index (κ1) is 32.0. The lowest BCUT2D eigenvalue weighted by atomic mass is 9.76. The van der Waals surface area contributed by atoms with Gasteiger partial charge in [-0.25, -0.2) is 9.37 Å². The van der Waals surface area contributed by atoms with Gasteiger partial charge in [0.05, 0.1) is 12.2 Å². The molecular formula is C31H48FN7O3. The SMILES string of the molecule is CCN(C(=O)c1cc(F)ccc1Oc1nncnc1N1CCC2(C1)CN([C@H](CCN(C)CCOC)C(C)C)C2)C(C)C. The maximum Gasteiger partial charge on any atom is 0.282 e. The number of likely N-dealkylation sites (tertiary alicyclic amines) is 1.